The summed E-state index contributed by atoms with van der Waals surface area (Å²) in [5.74, 6) is 0.575. The zero-order valence-electron chi connectivity index (χ0n) is 9.81. The van der Waals surface area contributed by atoms with Crippen LogP contribution in [0.3, 0.4) is 0 Å². The second kappa shape index (κ2) is 4.04. The van der Waals surface area contributed by atoms with Crippen molar-refractivity contribution < 1.29 is 5.21 Å². The molecule has 0 aliphatic heterocycles. The van der Waals surface area contributed by atoms with Gasteiger partial charge in [0.15, 0.2) is 0 Å². The number of hydrogen-bond acceptors (Lipinski definition) is 3. The molecule has 2 aromatic rings. The summed E-state index contributed by atoms with van der Waals surface area (Å²) >= 11 is 0. The molecule has 0 saturated carbocycles. The van der Waals surface area contributed by atoms with E-state index in [1.54, 1.807) is 0 Å². The van der Waals surface area contributed by atoms with Crippen LogP contribution in [0, 0.1) is 5.92 Å². The highest BCUT2D eigenvalue weighted by molar-refractivity contribution is 5.79. The van der Waals surface area contributed by atoms with E-state index in [1.807, 2.05) is 18.2 Å². The number of rotatable bonds is 3. The van der Waals surface area contributed by atoms with Crippen molar-refractivity contribution in [3.8, 4) is 0 Å². The molecular weight excluding hydrogens is 202 g/mol. The molecule has 0 aliphatic carbocycles. The lowest BCUT2D eigenvalue weighted by molar-refractivity contribution is 0.198. The number of benzene rings is 1. The molecule has 1 aromatic carbocycles. The van der Waals surface area contributed by atoms with Crippen molar-refractivity contribution in [1.29, 1.82) is 0 Å². The van der Waals surface area contributed by atoms with Gasteiger partial charge in [-0.2, -0.15) is 4.73 Å². The van der Waals surface area contributed by atoms with Crippen molar-refractivity contribution in [1.82, 2.24) is 9.71 Å². The van der Waals surface area contributed by atoms with E-state index in [9.17, 15) is 5.21 Å². The molecule has 86 valence electrons. The molecule has 0 bridgehead atoms. The van der Waals surface area contributed by atoms with Gasteiger partial charge in [0.1, 0.15) is 11.8 Å². The average Bonchev–Trinajstić information content (AvgIpc) is 2.60. The van der Waals surface area contributed by atoms with Gasteiger partial charge in [0.25, 0.3) is 0 Å². The first kappa shape index (κ1) is 10.8. The maximum atomic E-state index is 9.41. The molecule has 2 N–H and O–H groups in total. The molecule has 1 heterocycles. The van der Waals surface area contributed by atoms with Crippen molar-refractivity contribution in [2.75, 3.05) is 5.32 Å². The van der Waals surface area contributed by atoms with Crippen molar-refractivity contribution >= 4 is 16.7 Å². The van der Waals surface area contributed by atoms with Crippen molar-refractivity contribution in [3.05, 3.63) is 24.5 Å². The summed E-state index contributed by atoms with van der Waals surface area (Å²) in [5.41, 5.74) is 2.55. The quantitative estimate of drug-likeness (QED) is 0.780. The van der Waals surface area contributed by atoms with E-state index in [0.717, 1.165) is 21.5 Å². The maximum Gasteiger partial charge on any atom is 0.133 e. The molecule has 16 heavy (non-hydrogen) atoms. The summed E-state index contributed by atoms with van der Waals surface area (Å²) in [4.78, 5) is 4.10. The monoisotopic (exact) mass is 219 g/mol. The number of hydrogen-bond donors (Lipinski definition) is 2. The maximum absolute atomic E-state index is 9.41. The Kier molecular flexibility index (Phi) is 2.73. The second-order valence-electron chi connectivity index (χ2n) is 4.47. The van der Waals surface area contributed by atoms with E-state index in [0.29, 0.717) is 12.0 Å². The lowest BCUT2D eigenvalue weighted by Gasteiger charge is -2.18. The molecule has 1 unspecified atom stereocenters. The minimum atomic E-state index is 0.411. The Morgan fingerprint density at radius 3 is 2.75 bits per heavy atom. The summed E-state index contributed by atoms with van der Waals surface area (Å²) in [6.07, 6.45) is 1.40. The Morgan fingerprint density at radius 1 is 1.31 bits per heavy atom. The van der Waals surface area contributed by atoms with Gasteiger partial charge in [-0.3, -0.25) is 0 Å². The van der Waals surface area contributed by atoms with Gasteiger partial charge in [-0.25, -0.2) is 4.98 Å². The van der Waals surface area contributed by atoms with Crippen molar-refractivity contribution in [3.63, 3.8) is 0 Å². The van der Waals surface area contributed by atoms with Crippen LogP contribution in [0.5, 0.6) is 0 Å². The van der Waals surface area contributed by atoms with Crippen LogP contribution in [-0.4, -0.2) is 21.0 Å². The molecule has 0 aliphatic rings. The summed E-state index contributed by atoms with van der Waals surface area (Å²) in [6, 6.07) is 6.17. The third kappa shape index (κ3) is 1.96. The van der Waals surface area contributed by atoms with Crippen LogP contribution in [0.15, 0.2) is 24.5 Å². The fourth-order valence-corrected chi connectivity index (χ4v) is 1.52. The average molecular weight is 219 g/mol. The Hall–Kier alpha value is -1.71. The fourth-order valence-electron chi connectivity index (χ4n) is 1.52. The number of imidazole rings is 1. The molecule has 0 saturated heterocycles. The first-order valence-electron chi connectivity index (χ1n) is 5.51. The third-order valence-corrected chi connectivity index (χ3v) is 2.92. The van der Waals surface area contributed by atoms with Crippen LogP contribution in [0.25, 0.3) is 11.0 Å². The smallest absolute Gasteiger partial charge is 0.133 e. The number of fused-ring (bicyclic) bond motifs is 1. The molecule has 0 radical (unpaired) electrons. The standard InChI is InChI=1S/C12H17N3O/c1-8(2)9(3)14-10-4-5-12-11(6-10)13-7-15(12)16/h4-9,14,16H,1-3H3. The highest BCUT2D eigenvalue weighted by Gasteiger charge is 2.08. The zero-order chi connectivity index (χ0) is 11.7. The Labute approximate surface area is 94.9 Å². The van der Waals surface area contributed by atoms with Crippen LogP contribution in [0.1, 0.15) is 20.8 Å². The molecule has 4 nitrogen and oxygen atoms in total. The molecule has 4 heteroatoms. The summed E-state index contributed by atoms with van der Waals surface area (Å²) in [6.45, 7) is 6.51. The highest BCUT2D eigenvalue weighted by Crippen LogP contribution is 2.19. The second-order valence-corrected chi connectivity index (χ2v) is 4.47. The van der Waals surface area contributed by atoms with Crippen molar-refractivity contribution in [2.24, 2.45) is 5.92 Å². The number of aromatic nitrogens is 2. The largest absolute Gasteiger partial charge is 0.427 e. The van der Waals surface area contributed by atoms with Gasteiger partial charge in [0.05, 0.1) is 5.52 Å². The minimum Gasteiger partial charge on any atom is -0.427 e. The van der Waals surface area contributed by atoms with Gasteiger partial charge >= 0.3 is 0 Å². The first-order chi connectivity index (χ1) is 7.58. The van der Waals surface area contributed by atoms with Crippen LogP contribution < -0.4 is 5.32 Å². The summed E-state index contributed by atoms with van der Waals surface area (Å²) in [5, 5.41) is 12.8. The van der Waals surface area contributed by atoms with Gasteiger partial charge in [0, 0.05) is 11.7 Å². The zero-order valence-corrected chi connectivity index (χ0v) is 9.81. The number of nitrogens with one attached hydrogen (secondary N) is 1. The van der Waals surface area contributed by atoms with E-state index in [4.69, 9.17) is 0 Å². The van der Waals surface area contributed by atoms with Gasteiger partial charge < -0.3 is 10.5 Å². The Balaban J connectivity index is 2.26. The van der Waals surface area contributed by atoms with E-state index in [-0.39, 0.29) is 0 Å². The predicted octanol–water partition coefficient (Wildman–Crippen LogP) is 2.73. The van der Waals surface area contributed by atoms with Crippen molar-refractivity contribution in [2.45, 2.75) is 26.8 Å². The van der Waals surface area contributed by atoms with E-state index in [1.165, 1.54) is 6.33 Å². The van der Waals surface area contributed by atoms with Crippen LogP contribution in [0.4, 0.5) is 5.69 Å². The Bertz CT molecular complexity index is 490. The fraction of sp³-hybridized carbons (Fsp3) is 0.417. The van der Waals surface area contributed by atoms with Crippen LogP contribution in [-0.2, 0) is 0 Å². The van der Waals surface area contributed by atoms with Gasteiger partial charge in [-0.15, -0.1) is 0 Å². The normalized spacial score (nSPS) is 13.2. The molecule has 2 rings (SSSR count). The van der Waals surface area contributed by atoms with Gasteiger partial charge in [-0.05, 0) is 31.0 Å². The minimum absolute atomic E-state index is 0.411. The highest BCUT2D eigenvalue weighted by atomic mass is 16.5. The molecule has 1 aromatic heterocycles. The molecule has 0 amide bonds. The summed E-state index contributed by atoms with van der Waals surface area (Å²) in [7, 11) is 0. The van der Waals surface area contributed by atoms with Gasteiger partial charge in [0.2, 0.25) is 0 Å². The predicted molar refractivity (Wildman–Crippen MR) is 64.8 cm³/mol. The summed E-state index contributed by atoms with van der Waals surface area (Å²) < 4.78 is 1.03. The van der Waals surface area contributed by atoms with E-state index < -0.39 is 0 Å². The third-order valence-electron chi connectivity index (χ3n) is 2.92. The van der Waals surface area contributed by atoms with E-state index >= 15 is 0 Å². The lowest BCUT2D eigenvalue weighted by atomic mass is 10.1. The number of nitrogens with zero attached hydrogens (tertiary/aromatic N) is 2. The Morgan fingerprint density at radius 2 is 2.06 bits per heavy atom. The topological polar surface area (TPSA) is 50.1 Å². The van der Waals surface area contributed by atoms with Crippen LogP contribution >= 0.6 is 0 Å². The molecule has 1 atom stereocenters. The molecular formula is C12H17N3O. The number of anilines is 1. The first-order valence-corrected chi connectivity index (χ1v) is 5.51. The molecule has 0 fully saturated rings. The lowest BCUT2D eigenvalue weighted by Crippen LogP contribution is -2.21. The van der Waals surface area contributed by atoms with Gasteiger partial charge in [-0.1, -0.05) is 13.8 Å². The SMILES string of the molecule is CC(C)C(C)Nc1ccc2c(c1)ncn2O. The molecule has 0 spiro atoms. The van der Waals surface area contributed by atoms with Crippen LogP contribution in [0.2, 0.25) is 0 Å². The van der Waals surface area contributed by atoms with E-state index in [2.05, 4.69) is 31.1 Å².